The van der Waals surface area contributed by atoms with E-state index in [4.69, 9.17) is 9.29 Å². The third-order valence-corrected chi connectivity index (χ3v) is 5.60. The second-order valence-corrected chi connectivity index (χ2v) is 9.63. The number of hydrogen-bond donors (Lipinski definition) is 3. The third-order valence-electron chi connectivity index (χ3n) is 5.60. The van der Waals surface area contributed by atoms with Crippen molar-refractivity contribution in [3.8, 4) is 0 Å². The highest BCUT2D eigenvalue weighted by Gasteiger charge is 2.48. The SMILES string of the molecule is CCCC(NC(C)C(=O)N1[C@H](C(=O)O)C[C@@H]2CCCC[C@@H]21)C(=O)OCC.CS(=O)(=O)O. The van der Waals surface area contributed by atoms with Crippen molar-refractivity contribution in [1.29, 1.82) is 0 Å². The third kappa shape index (κ3) is 8.74. The average molecular weight is 465 g/mol. The molecule has 5 atom stereocenters. The van der Waals surface area contributed by atoms with Crippen LogP contribution in [0.2, 0.25) is 0 Å². The summed E-state index contributed by atoms with van der Waals surface area (Å²) in [5.74, 6) is -1.24. The van der Waals surface area contributed by atoms with E-state index in [1.165, 1.54) is 0 Å². The first-order chi connectivity index (χ1) is 14.4. The van der Waals surface area contributed by atoms with Gasteiger partial charge in [0.15, 0.2) is 0 Å². The van der Waals surface area contributed by atoms with Gasteiger partial charge in [0.1, 0.15) is 12.1 Å². The Hall–Kier alpha value is -1.72. The first kappa shape index (κ1) is 27.3. The minimum Gasteiger partial charge on any atom is -0.480 e. The van der Waals surface area contributed by atoms with Gasteiger partial charge in [-0.2, -0.15) is 8.42 Å². The second kappa shape index (κ2) is 12.4. The van der Waals surface area contributed by atoms with E-state index in [2.05, 4.69) is 5.32 Å². The Kier molecular flexibility index (Phi) is 10.9. The maximum Gasteiger partial charge on any atom is 0.326 e. The molecule has 10 nitrogen and oxygen atoms in total. The van der Waals surface area contributed by atoms with Gasteiger partial charge < -0.3 is 14.7 Å². The van der Waals surface area contributed by atoms with Crippen LogP contribution in [-0.4, -0.2) is 77.9 Å². The molecule has 2 rings (SSSR count). The zero-order valence-corrected chi connectivity index (χ0v) is 19.6. The molecule has 2 unspecified atom stereocenters. The van der Waals surface area contributed by atoms with Crippen molar-refractivity contribution >= 4 is 28.0 Å². The summed E-state index contributed by atoms with van der Waals surface area (Å²) in [6, 6.07) is -1.92. The van der Waals surface area contributed by atoms with Gasteiger partial charge in [0, 0.05) is 6.04 Å². The van der Waals surface area contributed by atoms with E-state index in [1.807, 2.05) is 6.92 Å². The fourth-order valence-electron chi connectivity index (χ4n) is 4.39. The topological polar surface area (TPSA) is 150 Å². The first-order valence-electron chi connectivity index (χ1n) is 10.8. The van der Waals surface area contributed by atoms with E-state index in [0.717, 1.165) is 32.1 Å². The summed E-state index contributed by atoms with van der Waals surface area (Å²) in [6.45, 7) is 5.72. The number of likely N-dealkylation sites (tertiary alicyclic amines) is 1. The van der Waals surface area contributed by atoms with Gasteiger partial charge in [-0.15, -0.1) is 0 Å². The molecule has 0 spiro atoms. The molecular formula is C20H36N2O8S. The second-order valence-electron chi connectivity index (χ2n) is 8.16. The van der Waals surface area contributed by atoms with Gasteiger partial charge in [0.25, 0.3) is 10.1 Å². The predicted molar refractivity (Wildman–Crippen MR) is 114 cm³/mol. The largest absolute Gasteiger partial charge is 0.480 e. The van der Waals surface area contributed by atoms with Crippen LogP contribution in [0.5, 0.6) is 0 Å². The number of carbonyl (C=O) groups is 3. The quantitative estimate of drug-likeness (QED) is 0.358. The number of carboxylic acids is 1. The number of rotatable bonds is 8. The molecule has 1 aliphatic heterocycles. The molecule has 0 aromatic rings. The Morgan fingerprint density at radius 1 is 1.19 bits per heavy atom. The van der Waals surface area contributed by atoms with Gasteiger partial charge in [-0.05, 0) is 45.4 Å². The minimum absolute atomic E-state index is 0.00817. The highest BCUT2D eigenvalue weighted by Crippen LogP contribution is 2.40. The molecule has 1 aliphatic carbocycles. The summed E-state index contributed by atoms with van der Waals surface area (Å²) in [7, 11) is -3.67. The predicted octanol–water partition coefficient (Wildman–Crippen LogP) is 1.44. The number of ether oxygens (including phenoxy) is 1. The van der Waals surface area contributed by atoms with Crippen molar-refractivity contribution in [2.45, 2.75) is 89.9 Å². The van der Waals surface area contributed by atoms with Gasteiger partial charge in [-0.3, -0.25) is 19.5 Å². The Labute approximate surface area is 184 Å². The van der Waals surface area contributed by atoms with E-state index in [9.17, 15) is 27.9 Å². The van der Waals surface area contributed by atoms with Crippen LogP contribution in [0.4, 0.5) is 0 Å². The van der Waals surface area contributed by atoms with Gasteiger partial charge in [-0.1, -0.05) is 26.2 Å². The van der Waals surface area contributed by atoms with E-state index >= 15 is 0 Å². The minimum atomic E-state index is -3.67. The van der Waals surface area contributed by atoms with Crippen molar-refractivity contribution in [1.82, 2.24) is 10.2 Å². The van der Waals surface area contributed by atoms with Gasteiger partial charge in [-0.25, -0.2) is 4.79 Å². The number of hydrogen-bond acceptors (Lipinski definition) is 7. The zero-order valence-electron chi connectivity index (χ0n) is 18.7. The van der Waals surface area contributed by atoms with Crippen LogP contribution in [0.15, 0.2) is 0 Å². The number of carboxylic acid groups (broad SMARTS) is 1. The van der Waals surface area contributed by atoms with Gasteiger partial charge in [0.05, 0.1) is 18.9 Å². The molecule has 1 amide bonds. The summed E-state index contributed by atoms with van der Waals surface area (Å²) in [5, 5.41) is 12.7. The molecule has 180 valence electrons. The summed E-state index contributed by atoms with van der Waals surface area (Å²) in [6.07, 6.45) is 6.59. The highest BCUT2D eigenvalue weighted by atomic mass is 32.2. The summed E-state index contributed by atoms with van der Waals surface area (Å²) < 4.78 is 31.0. The monoisotopic (exact) mass is 464 g/mol. The number of esters is 1. The van der Waals surface area contributed by atoms with Crippen molar-refractivity contribution in [2.24, 2.45) is 5.92 Å². The van der Waals surface area contributed by atoms with E-state index in [0.29, 0.717) is 25.7 Å². The molecule has 1 saturated carbocycles. The van der Waals surface area contributed by atoms with Crippen LogP contribution in [0.25, 0.3) is 0 Å². The van der Waals surface area contributed by atoms with Crippen LogP contribution in [-0.2, 0) is 29.2 Å². The summed E-state index contributed by atoms with van der Waals surface area (Å²) in [4.78, 5) is 38.5. The smallest absolute Gasteiger partial charge is 0.326 e. The summed E-state index contributed by atoms with van der Waals surface area (Å²) in [5.41, 5.74) is 0. The Morgan fingerprint density at radius 2 is 1.77 bits per heavy atom. The lowest BCUT2D eigenvalue weighted by Crippen LogP contribution is -2.55. The first-order valence-corrected chi connectivity index (χ1v) is 12.7. The van der Waals surface area contributed by atoms with Crippen LogP contribution in [0.3, 0.4) is 0 Å². The lowest BCUT2D eigenvalue weighted by atomic mass is 9.84. The molecule has 3 N–H and O–H groups in total. The van der Waals surface area contributed by atoms with Crippen molar-refractivity contribution in [2.75, 3.05) is 12.9 Å². The maximum atomic E-state index is 13.1. The van der Waals surface area contributed by atoms with Crippen LogP contribution in [0.1, 0.15) is 65.7 Å². The molecule has 1 heterocycles. The number of amides is 1. The molecule has 0 aromatic heterocycles. The molecule has 0 radical (unpaired) electrons. The molecule has 0 aromatic carbocycles. The van der Waals surface area contributed by atoms with Gasteiger partial charge >= 0.3 is 11.9 Å². The number of fused-ring (bicyclic) bond motifs is 1. The molecule has 2 fully saturated rings. The number of aliphatic carboxylic acids is 1. The standard InChI is InChI=1S/C19H32N2O5.CH4O3S/c1-4-8-14(19(25)26-5-2)20-12(3)17(22)21-15-10-7-6-9-13(15)11-16(21)18(23)24;1-5(2,3)4/h12-16,20H,4-11H2,1-3H3,(H,23,24);1H3,(H,2,3,4)/t12?,13-,14?,15-,16-;/m0./s1. The molecule has 31 heavy (non-hydrogen) atoms. The fourth-order valence-corrected chi connectivity index (χ4v) is 4.39. The van der Waals surface area contributed by atoms with E-state index in [-0.39, 0.29) is 23.8 Å². The van der Waals surface area contributed by atoms with Crippen LogP contribution >= 0.6 is 0 Å². The highest BCUT2D eigenvalue weighted by molar-refractivity contribution is 7.85. The molecular weight excluding hydrogens is 428 g/mol. The number of nitrogens with zero attached hydrogens (tertiary/aromatic N) is 1. The van der Waals surface area contributed by atoms with Crippen LogP contribution in [0, 0.1) is 5.92 Å². The zero-order chi connectivity index (χ0) is 23.8. The molecule has 1 saturated heterocycles. The Bertz CT molecular complexity index is 719. The fraction of sp³-hybridized carbons (Fsp3) is 0.850. The van der Waals surface area contributed by atoms with Gasteiger partial charge in [0.2, 0.25) is 5.91 Å². The Balaban J connectivity index is 0.000000861. The average Bonchev–Trinajstić information content (AvgIpc) is 3.05. The molecule has 2 aliphatic rings. The summed E-state index contributed by atoms with van der Waals surface area (Å²) >= 11 is 0. The van der Waals surface area contributed by atoms with Crippen molar-refractivity contribution in [3.05, 3.63) is 0 Å². The lowest BCUT2D eigenvalue weighted by molar-refractivity contribution is -0.152. The van der Waals surface area contributed by atoms with E-state index < -0.39 is 34.2 Å². The maximum absolute atomic E-state index is 13.1. The van der Waals surface area contributed by atoms with Crippen molar-refractivity contribution in [3.63, 3.8) is 0 Å². The van der Waals surface area contributed by atoms with Crippen LogP contribution < -0.4 is 5.32 Å². The number of carbonyl (C=O) groups excluding carboxylic acids is 2. The molecule has 0 bridgehead atoms. The normalized spacial score (nSPS) is 24.9. The molecule has 11 heteroatoms. The van der Waals surface area contributed by atoms with E-state index in [1.54, 1.807) is 18.7 Å². The lowest BCUT2D eigenvalue weighted by Gasteiger charge is -2.35. The Morgan fingerprint density at radius 3 is 2.29 bits per heavy atom. The van der Waals surface area contributed by atoms with Crippen molar-refractivity contribution < 1.29 is 37.2 Å². The number of nitrogens with one attached hydrogen (secondary N) is 1.